The van der Waals surface area contributed by atoms with Gasteiger partial charge in [-0.15, -0.1) is 0 Å². The Morgan fingerprint density at radius 1 is 1.60 bits per heavy atom. The molecule has 0 saturated heterocycles. The second-order valence-electron chi connectivity index (χ2n) is 4.99. The van der Waals surface area contributed by atoms with Gasteiger partial charge < -0.3 is 10.4 Å². The number of nitrogens with one attached hydrogen (secondary N) is 1. The van der Waals surface area contributed by atoms with E-state index in [9.17, 15) is 4.79 Å². The fourth-order valence-electron chi connectivity index (χ4n) is 2.53. The maximum absolute atomic E-state index is 12.0. The fraction of sp³-hybridized carbons (Fsp3) is 0.692. The van der Waals surface area contributed by atoms with Gasteiger partial charge in [0.1, 0.15) is 5.02 Å². The smallest absolute Gasteiger partial charge is 0.287 e. The molecule has 112 valence electrons. The first-order valence-corrected chi connectivity index (χ1v) is 8.48. The number of thioether (sulfide) groups is 1. The SMILES string of the molecule is CSC1CCCC(Nc2cnn(CCO)c(=O)c2Cl)C1. The average Bonchev–Trinajstić information content (AvgIpc) is 2.47. The second-order valence-corrected chi connectivity index (χ2v) is 6.51. The first-order chi connectivity index (χ1) is 9.65. The molecular weight excluding hydrogens is 298 g/mol. The van der Waals surface area contributed by atoms with Crippen LogP contribution in [0.5, 0.6) is 0 Å². The van der Waals surface area contributed by atoms with Crippen molar-refractivity contribution in [3.63, 3.8) is 0 Å². The minimum Gasteiger partial charge on any atom is -0.394 e. The topological polar surface area (TPSA) is 67.2 Å². The van der Waals surface area contributed by atoms with E-state index in [4.69, 9.17) is 16.7 Å². The molecule has 1 aliphatic carbocycles. The molecule has 1 fully saturated rings. The minimum absolute atomic E-state index is 0.131. The van der Waals surface area contributed by atoms with E-state index in [1.54, 1.807) is 6.20 Å². The van der Waals surface area contributed by atoms with Crippen LogP contribution in [0.2, 0.25) is 5.02 Å². The normalized spacial score (nSPS) is 22.8. The summed E-state index contributed by atoms with van der Waals surface area (Å²) in [6.45, 7) is 0.0326. The monoisotopic (exact) mass is 317 g/mol. The molecule has 0 aliphatic heterocycles. The maximum Gasteiger partial charge on any atom is 0.287 e. The Kier molecular flexibility index (Phi) is 5.74. The van der Waals surface area contributed by atoms with Gasteiger partial charge in [0.2, 0.25) is 0 Å². The molecule has 2 unspecified atom stereocenters. The van der Waals surface area contributed by atoms with E-state index < -0.39 is 0 Å². The van der Waals surface area contributed by atoms with Crippen LogP contribution >= 0.6 is 23.4 Å². The van der Waals surface area contributed by atoms with Crippen molar-refractivity contribution in [1.82, 2.24) is 9.78 Å². The molecule has 1 saturated carbocycles. The molecule has 2 N–H and O–H groups in total. The Morgan fingerprint density at radius 2 is 2.40 bits per heavy atom. The third kappa shape index (κ3) is 3.68. The van der Waals surface area contributed by atoms with Crippen molar-refractivity contribution in [2.75, 3.05) is 18.2 Å². The van der Waals surface area contributed by atoms with Gasteiger partial charge in [0.15, 0.2) is 0 Å². The van der Waals surface area contributed by atoms with Crippen molar-refractivity contribution in [2.24, 2.45) is 0 Å². The van der Waals surface area contributed by atoms with E-state index in [2.05, 4.69) is 16.7 Å². The van der Waals surface area contributed by atoms with E-state index in [0.717, 1.165) is 12.8 Å². The molecule has 7 heteroatoms. The Balaban J connectivity index is 2.10. The number of hydrogen-bond donors (Lipinski definition) is 2. The summed E-state index contributed by atoms with van der Waals surface area (Å²) in [5.74, 6) is 0. The fourth-order valence-corrected chi connectivity index (χ4v) is 3.56. The predicted octanol–water partition coefficient (Wildman–Crippen LogP) is 1.98. The first-order valence-electron chi connectivity index (χ1n) is 6.81. The molecule has 1 aromatic heterocycles. The van der Waals surface area contributed by atoms with Gasteiger partial charge in [0, 0.05) is 11.3 Å². The zero-order valence-corrected chi connectivity index (χ0v) is 13.1. The Labute approximate surface area is 127 Å². The lowest BCUT2D eigenvalue weighted by atomic mass is 9.95. The molecule has 1 aliphatic rings. The third-order valence-electron chi connectivity index (χ3n) is 3.62. The minimum atomic E-state index is -0.358. The third-order valence-corrected chi connectivity index (χ3v) is 5.08. The molecule has 0 aromatic carbocycles. The van der Waals surface area contributed by atoms with E-state index in [-0.39, 0.29) is 23.7 Å². The summed E-state index contributed by atoms with van der Waals surface area (Å²) < 4.78 is 1.18. The van der Waals surface area contributed by atoms with Crippen LogP contribution in [-0.2, 0) is 6.54 Å². The lowest BCUT2D eigenvalue weighted by molar-refractivity contribution is 0.266. The highest BCUT2D eigenvalue weighted by Gasteiger charge is 2.22. The summed E-state index contributed by atoms with van der Waals surface area (Å²) in [7, 11) is 0. The number of rotatable bonds is 5. The predicted molar refractivity (Wildman–Crippen MR) is 83.8 cm³/mol. The van der Waals surface area contributed by atoms with Crippen LogP contribution in [0.3, 0.4) is 0 Å². The molecule has 0 radical (unpaired) electrons. The Bertz CT molecular complexity index is 509. The molecule has 20 heavy (non-hydrogen) atoms. The summed E-state index contributed by atoms with van der Waals surface area (Å²) in [4.78, 5) is 12.0. The number of anilines is 1. The summed E-state index contributed by atoms with van der Waals surface area (Å²) in [6.07, 6.45) is 8.32. The van der Waals surface area contributed by atoms with Crippen molar-refractivity contribution < 1.29 is 5.11 Å². The van der Waals surface area contributed by atoms with Gasteiger partial charge in [-0.3, -0.25) is 4.79 Å². The van der Waals surface area contributed by atoms with E-state index in [0.29, 0.717) is 17.0 Å². The van der Waals surface area contributed by atoms with Crippen molar-refractivity contribution in [3.05, 3.63) is 21.6 Å². The number of nitrogens with zero attached hydrogens (tertiary/aromatic N) is 2. The Hall–Kier alpha value is -0.720. The number of hydrogen-bond acceptors (Lipinski definition) is 5. The molecule has 0 amide bonds. The molecule has 2 atom stereocenters. The van der Waals surface area contributed by atoms with Gasteiger partial charge in [0.05, 0.1) is 25.0 Å². The lowest BCUT2D eigenvalue weighted by Gasteiger charge is -2.29. The van der Waals surface area contributed by atoms with Gasteiger partial charge in [-0.2, -0.15) is 16.9 Å². The molecular formula is C13H20ClN3O2S. The summed E-state index contributed by atoms with van der Waals surface area (Å²) in [5.41, 5.74) is 0.237. The highest BCUT2D eigenvalue weighted by atomic mass is 35.5. The quantitative estimate of drug-likeness (QED) is 0.869. The van der Waals surface area contributed by atoms with Crippen LogP contribution in [0.25, 0.3) is 0 Å². The van der Waals surface area contributed by atoms with Gasteiger partial charge in [0.25, 0.3) is 5.56 Å². The highest BCUT2D eigenvalue weighted by molar-refractivity contribution is 7.99. The molecule has 0 spiro atoms. The maximum atomic E-state index is 12.0. The van der Waals surface area contributed by atoms with Gasteiger partial charge in [-0.1, -0.05) is 18.0 Å². The largest absolute Gasteiger partial charge is 0.394 e. The van der Waals surface area contributed by atoms with Gasteiger partial charge in [-0.25, -0.2) is 4.68 Å². The molecule has 1 heterocycles. The number of aromatic nitrogens is 2. The van der Waals surface area contributed by atoms with Crippen LogP contribution in [0.15, 0.2) is 11.0 Å². The van der Waals surface area contributed by atoms with Crippen LogP contribution < -0.4 is 10.9 Å². The molecule has 2 rings (SSSR count). The summed E-state index contributed by atoms with van der Waals surface area (Å²) in [6, 6.07) is 0.341. The summed E-state index contributed by atoms with van der Waals surface area (Å²) >= 11 is 8.00. The lowest BCUT2D eigenvalue weighted by Crippen LogP contribution is -2.31. The number of aliphatic hydroxyl groups is 1. The van der Waals surface area contributed by atoms with Crippen molar-refractivity contribution in [3.8, 4) is 0 Å². The van der Waals surface area contributed by atoms with Gasteiger partial charge in [-0.05, 0) is 25.5 Å². The van der Waals surface area contributed by atoms with Crippen molar-refractivity contribution in [2.45, 2.75) is 43.5 Å². The molecule has 0 bridgehead atoms. The van der Waals surface area contributed by atoms with Crippen molar-refractivity contribution >= 4 is 29.1 Å². The number of aliphatic hydroxyl groups excluding tert-OH is 1. The van der Waals surface area contributed by atoms with Gasteiger partial charge >= 0.3 is 0 Å². The Morgan fingerprint density at radius 3 is 3.10 bits per heavy atom. The standard InChI is InChI=1S/C13H20ClN3O2S/c1-20-10-4-2-3-9(7-10)16-11-8-15-17(5-6-18)13(19)12(11)14/h8-10,16,18H,2-7H2,1H3. The van der Waals surface area contributed by atoms with E-state index >= 15 is 0 Å². The average molecular weight is 318 g/mol. The van der Waals surface area contributed by atoms with Crippen LogP contribution in [0, 0.1) is 0 Å². The summed E-state index contributed by atoms with van der Waals surface area (Å²) in [5, 5.41) is 17.0. The highest BCUT2D eigenvalue weighted by Crippen LogP contribution is 2.29. The van der Waals surface area contributed by atoms with E-state index in [1.807, 2.05) is 11.8 Å². The first kappa shape index (κ1) is 15.7. The second kappa shape index (κ2) is 7.33. The van der Waals surface area contributed by atoms with E-state index in [1.165, 1.54) is 17.5 Å². The number of halogens is 1. The molecule has 5 nitrogen and oxygen atoms in total. The zero-order chi connectivity index (χ0) is 14.5. The van der Waals surface area contributed by atoms with Crippen LogP contribution in [-0.4, -0.2) is 39.0 Å². The zero-order valence-electron chi connectivity index (χ0n) is 11.5. The van der Waals surface area contributed by atoms with Crippen molar-refractivity contribution in [1.29, 1.82) is 0 Å². The molecule has 1 aromatic rings. The van der Waals surface area contributed by atoms with Crippen LogP contribution in [0.4, 0.5) is 5.69 Å². The van der Waals surface area contributed by atoms with Crippen LogP contribution in [0.1, 0.15) is 25.7 Å².